The maximum atomic E-state index is 11.5. The number of fused-ring (bicyclic) bond motifs is 1. The molecule has 3 heterocycles. The van der Waals surface area contributed by atoms with Crippen LogP contribution in [-0.4, -0.2) is 26.8 Å². The summed E-state index contributed by atoms with van der Waals surface area (Å²) in [5.74, 6) is 0.866. The summed E-state index contributed by atoms with van der Waals surface area (Å²) in [6.45, 7) is 0.770. The standard InChI is InChI=1S/C10H10N4O/c15-10-2-1-4-14(10)9-7-13-5-3-11-8(13)6-12-9/h3,5-7H,1-2,4H2. The Kier molecular flexibility index (Phi) is 1.71. The lowest BCUT2D eigenvalue weighted by molar-refractivity contribution is -0.117. The van der Waals surface area contributed by atoms with Crippen molar-refractivity contribution in [2.45, 2.75) is 12.8 Å². The van der Waals surface area contributed by atoms with Crippen LogP contribution in [0.3, 0.4) is 0 Å². The maximum absolute atomic E-state index is 11.5. The van der Waals surface area contributed by atoms with E-state index in [9.17, 15) is 4.79 Å². The van der Waals surface area contributed by atoms with E-state index in [2.05, 4.69) is 9.97 Å². The van der Waals surface area contributed by atoms with E-state index in [4.69, 9.17) is 0 Å². The number of carbonyl (C=O) groups is 1. The Labute approximate surface area is 86.4 Å². The molecule has 3 rings (SSSR count). The topological polar surface area (TPSA) is 50.5 Å². The van der Waals surface area contributed by atoms with E-state index in [-0.39, 0.29) is 5.91 Å². The summed E-state index contributed by atoms with van der Waals surface area (Å²) >= 11 is 0. The molecule has 1 saturated heterocycles. The average Bonchev–Trinajstić information content (AvgIpc) is 2.84. The van der Waals surface area contributed by atoms with Gasteiger partial charge in [-0.05, 0) is 6.42 Å². The molecule has 15 heavy (non-hydrogen) atoms. The molecule has 5 nitrogen and oxygen atoms in total. The molecule has 0 bridgehead atoms. The van der Waals surface area contributed by atoms with Gasteiger partial charge in [0.1, 0.15) is 0 Å². The first-order chi connectivity index (χ1) is 7.34. The van der Waals surface area contributed by atoms with Gasteiger partial charge in [-0.3, -0.25) is 9.69 Å². The summed E-state index contributed by atoms with van der Waals surface area (Å²) in [5, 5.41) is 0. The molecular weight excluding hydrogens is 192 g/mol. The van der Waals surface area contributed by atoms with E-state index in [1.165, 1.54) is 0 Å². The van der Waals surface area contributed by atoms with Crippen LogP contribution < -0.4 is 4.90 Å². The van der Waals surface area contributed by atoms with Crippen LogP contribution in [-0.2, 0) is 4.79 Å². The minimum Gasteiger partial charge on any atom is -0.302 e. The van der Waals surface area contributed by atoms with Crippen LogP contribution >= 0.6 is 0 Å². The number of imidazole rings is 1. The zero-order valence-electron chi connectivity index (χ0n) is 8.13. The van der Waals surface area contributed by atoms with Crippen molar-refractivity contribution in [3.05, 3.63) is 24.8 Å². The molecule has 0 radical (unpaired) electrons. The van der Waals surface area contributed by atoms with Crippen LogP contribution in [0.5, 0.6) is 0 Å². The van der Waals surface area contributed by atoms with Crippen molar-refractivity contribution in [1.82, 2.24) is 14.4 Å². The molecule has 1 fully saturated rings. The summed E-state index contributed by atoms with van der Waals surface area (Å²) < 4.78 is 1.87. The Morgan fingerprint density at radius 1 is 1.33 bits per heavy atom. The van der Waals surface area contributed by atoms with Crippen LogP contribution in [0.2, 0.25) is 0 Å². The lowest BCUT2D eigenvalue weighted by Gasteiger charge is -2.13. The number of anilines is 1. The second-order valence-corrected chi connectivity index (χ2v) is 3.59. The molecule has 0 aliphatic carbocycles. The fraction of sp³-hybridized carbons (Fsp3) is 0.300. The van der Waals surface area contributed by atoms with Crippen molar-refractivity contribution < 1.29 is 4.79 Å². The van der Waals surface area contributed by atoms with Crippen LogP contribution in [0.4, 0.5) is 5.82 Å². The molecule has 1 aliphatic rings. The molecule has 0 aromatic carbocycles. The van der Waals surface area contributed by atoms with Gasteiger partial charge in [0.05, 0.1) is 12.4 Å². The van der Waals surface area contributed by atoms with Gasteiger partial charge in [-0.15, -0.1) is 0 Å². The third kappa shape index (κ3) is 1.27. The summed E-state index contributed by atoms with van der Waals surface area (Å²) in [6, 6.07) is 0. The van der Waals surface area contributed by atoms with Gasteiger partial charge in [-0.1, -0.05) is 0 Å². The highest BCUT2D eigenvalue weighted by Gasteiger charge is 2.22. The Bertz CT molecular complexity index is 519. The van der Waals surface area contributed by atoms with E-state index in [0.29, 0.717) is 12.2 Å². The molecule has 5 heteroatoms. The Balaban J connectivity index is 2.06. The molecular formula is C10H10N4O. The van der Waals surface area contributed by atoms with Crippen molar-refractivity contribution in [1.29, 1.82) is 0 Å². The highest BCUT2D eigenvalue weighted by atomic mass is 16.2. The number of rotatable bonds is 1. The maximum Gasteiger partial charge on any atom is 0.228 e. The SMILES string of the molecule is O=C1CCCN1c1cn2ccnc2cn1. The number of aromatic nitrogens is 3. The van der Waals surface area contributed by atoms with Crippen molar-refractivity contribution in [3.8, 4) is 0 Å². The van der Waals surface area contributed by atoms with Gasteiger partial charge in [0.2, 0.25) is 5.91 Å². The second-order valence-electron chi connectivity index (χ2n) is 3.59. The first-order valence-corrected chi connectivity index (χ1v) is 4.94. The Hall–Kier alpha value is -1.91. The monoisotopic (exact) mass is 202 g/mol. The second kappa shape index (κ2) is 3.05. The average molecular weight is 202 g/mol. The molecule has 1 amide bonds. The van der Waals surface area contributed by atoms with Crippen molar-refractivity contribution >= 4 is 17.4 Å². The fourth-order valence-electron chi connectivity index (χ4n) is 1.85. The van der Waals surface area contributed by atoms with Crippen LogP contribution in [0.1, 0.15) is 12.8 Å². The van der Waals surface area contributed by atoms with Gasteiger partial charge in [0.15, 0.2) is 11.5 Å². The third-order valence-corrected chi connectivity index (χ3v) is 2.62. The molecule has 2 aromatic heterocycles. The van der Waals surface area contributed by atoms with E-state index in [0.717, 1.165) is 18.6 Å². The first kappa shape index (κ1) is 8.40. The van der Waals surface area contributed by atoms with Gasteiger partial charge in [0, 0.05) is 25.4 Å². The number of hydrogen-bond acceptors (Lipinski definition) is 3. The van der Waals surface area contributed by atoms with E-state index in [1.54, 1.807) is 17.3 Å². The quantitative estimate of drug-likeness (QED) is 0.689. The van der Waals surface area contributed by atoms with Crippen LogP contribution in [0.25, 0.3) is 5.65 Å². The minimum atomic E-state index is 0.155. The number of amides is 1. The zero-order valence-corrected chi connectivity index (χ0v) is 8.13. The molecule has 0 saturated carbocycles. The molecule has 0 atom stereocenters. The highest BCUT2D eigenvalue weighted by molar-refractivity contribution is 5.94. The van der Waals surface area contributed by atoms with Crippen LogP contribution in [0, 0.1) is 0 Å². The van der Waals surface area contributed by atoms with Gasteiger partial charge in [0.25, 0.3) is 0 Å². The van der Waals surface area contributed by atoms with Gasteiger partial charge in [-0.25, -0.2) is 9.97 Å². The lowest BCUT2D eigenvalue weighted by Crippen LogP contribution is -2.24. The van der Waals surface area contributed by atoms with E-state index >= 15 is 0 Å². The largest absolute Gasteiger partial charge is 0.302 e. The number of nitrogens with zero attached hydrogens (tertiary/aromatic N) is 4. The Morgan fingerprint density at radius 2 is 2.27 bits per heavy atom. The smallest absolute Gasteiger partial charge is 0.228 e. The summed E-state index contributed by atoms with van der Waals surface area (Å²) in [4.78, 5) is 21.6. The molecule has 1 aliphatic heterocycles. The normalized spacial score (nSPS) is 16.5. The summed E-state index contributed by atoms with van der Waals surface area (Å²) in [7, 11) is 0. The minimum absolute atomic E-state index is 0.155. The van der Waals surface area contributed by atoms with Gasteiger partial charge < -0.3 is 4.40 Å². The first-order valence-electron chi connectivity index (χ1n) is 4.94. The molecule has 2 aromatic rings. The molecule has 76 valence electrons. The predicted molar refractivity (Wildman–Crippen MR) is 54.6 cm³/mol. The molecule has 0 N–H and O–H groups in total. The third-order valence-electron chi connectivity index (χ3n) is 2.62. The molecule has 0 spiro atoms. The van der Waals surface area contributed by atoms with Gasteiger partial charge in [-0.2, -0.15) is 0 Å². The number of hydrogen-bond donors (Lipinski definition) is 0. The summed E-state index contributed by atoms with van der Waals surface area (Å²) in [6.07, 6.45) is 8.63. The van der Waals surface area contributed by atoms with Gasteiger partial charge >= 0.3 is 0 Å². The van der Waals surface area contributed by atoms with E-state index < -0.39 is 0 Å². The van der Waals surface area contributed by atoms with Crippen LogP contribution in [0.15, 0.2) is 24.8 Å². The van der Waals surface area contributed by atoms with E-state index in [1.807, 2.05) is 16.8 Å². The fourth-order valence-corrected chi connectivity index (χ4v) is 1.85. The zero-order chi connectivity index (χ0) is 10.3. The molecule has 0 unspecified atom stereocenters. The Morgan fingerprint density at radius 3 is 3.07 bits per heavy atom. The van der Waals surface area contributed by atoms with Crippen molar-refractivity contribution in [2.24, 2.45) is 0 Å². The highest BCUT2D eigenvalue weighted by Crippen LogP contribution is 2.18. The number of carbonyl (C=O) groups excluding carboxylic acids is 1. The lowest BCUT2D eigenvalue weighted by atomic mass is 10.4. The summed E-state index contributed by atoms with van der Waals surface area (Å²) in [5.41, 5.74) is 0.797. The van der Waals surface area contributed by atoms with Crippen molar-refractivity contribution in [3.63, 3.8) is 0 Å². The van der Waals surface area contributed by atoms with Crippen molar-refractivity contribution in [2.75, 3.05) is 11.4 Å². The predicted octanol–water partition coefficient (Wildman–Crippen LogP) is 0.856.